The highest BCUT2D eigenvalue weighted by atomic mass is 32.1. The van der Waals surface area contributed by atoms with Crippen LogP contribution < -0.4 is 5.32 Å². The Labute approximate surface area is 149 Å². The molecule has 2 aromatic rings. The second kappa shape index (κ2) is 6.57. The summed E-state index contributed by atoms with van der Waals surface area (Å²) < 4.78 is 0. The van der Waals surface area contributed by atoms with Gasteiger partial charge in [0.05, 0.1) is 15.4 Å². The maximum atomic E-state index is 12.6. The maximum Gasteiger partial charge on any atom is 0.278 e. The molecule has 3 fully saturated rings. The average molecular weight is 357 g/mol. The number of carbonyl (C=O) groups is 1. The molecule has 6 nitrogen and oxygen atoms in total. The molecule has 1 aromatic heterocycles. The molecule has 7 heteroatoms. The fraction of sp³-hybridized carbons (Fsp3) is 0.389. The molecule has 0 radical (unpaired) electrons. The number of amides is 1. The summed E-state index contributed by atoms with van der Waals surface area (Å²) in [5.41, 5.74) is 0.619. The van der Waals surface area contributed by atoms with E-state index in [-0.39, 0.29) is 22.6 Å². The van der Waals surface area contributed by atoms with Gasteiger partial charge in [0.2, 0.25) is 0 Å². The lowest BCUT2D eigenvalue weighted by Gasteiger charge is -2.44. The first-order chi connectivity index (χ1) is 12.1. The number of thiophene rings is 1. The van der Waals surface area contributed by atoms with Crippen LogP contribution in [0.25, 0.3) is 10.4 Å². The van der Waals surface area contributed by atoms with Crippen molar-refractivity contribution in [2.45, 2.75) is 18.9 Å². The van der Waals surface area contributed by atoms with Crippen LogP contribution in [-0.2, 0) is 0 Å². The number of nitrogens with zero attached hydrogens (tertiary/aromatic N) is 2. The number of hydrogen-bond acceptors (Lipinski definition) is 5. The van der Waals surface area contributed by atoms with Crippen LogP contribution in [0.2, 0.25) is 0 Å². The molecule has 3 aliphatic heterocycles. The van der Waals surface area contributed by atoms with Crippen molar-refractivity contribution >= 4 is 22.9 Å². The van der Waals surface area contributed by atoms with E-state index < -0.39 is 0 Å². The summed E-state index contributed by atoms with van der Waals surface area (Å²) in [4.78, 5) is 27.2. The van der Waals surface area contributed by atoms with Crippen molar-refractivity contribution in [2.24, 2.45) is 5.92 Å². The standard InChI is InChI=1S/C18H19N3O3S/c22-18(19-14-11-20-9-7-12(14)8-10-20)17-6-5-16(25-17)13-3-1-2-4-15(13)21(23)24/h1-6,12,14H,7-11H2,(H,19,22). The molecular weight excluding hydrogens is 338 g/mol. The van der Waals surface area contributed by atoms with Crippen molar-refractivity contribution < 1.29 is 9.72 Å². The lowest BCUT2D eigenvalue weighted by Crippen LogP contribution is -2.57. The van der Waals surface area contributed by atoms with Crippen molar-refractivity contribution in [1.29, 1.82) is 0 Å². The number of hydrogen-bond donors (Lipinski definition) is 1. The van der Waals surface area contributed by atoms with E-state index in [0.29, 0.717) is 16.4 Å². The monoisotopic (exact) mass is 357 g/mol. The summed E-state index contributed by atoms with van der Waals surface area (Å²) in [5, 5.41) is 14.4. The summed E-state index contributed by atoms with van der Waals surface area (Å²) in [7, 11) is 0. The van der Waals surface area contributed by atoms with Gasteiger partial charge in [-0.15, -0.1) is 11.3 Å². The van der Waals surface area contributed by atoms with E-state index in [4.69, 9.17) is 0 Å². The van der Waals surface area contributed by atoms with Crippen molar-refractivity contribution in [3.63, 3.8) is 0 Å². The minimum Gasteiger partial charge on any atom is -0.347 e. The summed E-state index contributed by atoms with van der Waals surface area (Å²) in [6, 6.07) is 10.4. The van der Waals surface area contributed by atoms with E-state index in [0.717, 1.165) is 37.4 Å². The Hall–Kier alpha value is -2.25. The number of rotatable bonds is 4. The highest BCUT2D eigenvalue weighted by molar-refractivity contribution is 7.17. The van der Waals surface area contributed by atoms with E-state index in [2.05, 4.69) is 10.2 Å². The molecule has 3 saturated heterocycles. The van der Waals surface area contributed by atoms with Crippen molar-refractivity contribution in [2.75, 3.05) is 19.6 Å². The van der Waals surface area contributed by atoms with Gasteiger partial charge in [0.15, 0.2) is 0 Å². The molecule has 130 valence electrons. The lowest BCUT2D eigenvalue weighted by atomic mass is 9.84. The normalized spacial score (nSPS) is 24.9. The van der Waals surface area contributed by atoms with E-state index >= 15 is 0 Å². The highest BCUT2D eigenvalue weighted by Crippen LogP contribution is 2.35. The Morgan fingerprint density at radius 2 is 1.96 bits per heavy atom. The molecule has 0 spiro atoms. The first kappa shape index (κ1) is 16.2. The van der Waals surface area contributed by atoms with Gasteiger partial charge in [0.25, 0.3) is 11.6 Å². The molecule has 4 heterocycles. The summed E-state index contributed by atoms with van der Waals surface area (Å²) >= 11 is 1.30. The summed E-state index contributed by atoms with van der Waals surface area (Å²) in [6.07, 6.45) is 2.30. The minimum absolute atomic E-state index is 0.0636. The third-order valence-electron chi connectivity index (χ3n) is 5.17. The average Bonchev–Trinajstić information content (AvgIpc) is 3.13. The third-order valence-corrected chi connectivity index (χ3v) is 6.29. The Kier molecular flexibility index (Phi) is 4.27. The molecule has 0 aliphatic carbocycles. The predicted octanol–water partition coefficient (Wildman–Crippen LogP) is 3.15. The van der Waals surface area contributed by atoms with Crippen molar-refractivity contribution in [1.82, 2.24) is 10.2 Å². The van der Waals surface area contributed by atoms with Gasteiger partial charge in [-0.3, -0.25) is 14.9 Å². The Balaban J connectivity index is 1.51. The number of nitro groups is 1. The van der Waals surface area contributed by atoms with Gasteiger partial charge in [-0.05, 0) is 50.0 Å². The van der Waals surface area contributed by atoms with Crippen LogP contribution in [0.1, 0.15) is 22.5 Å². The molecule has 3 aliphatic rings. The third kappa shape index (κ3) is 3.17. The topological polar surface area (TPSA) is 75.5 Å². The Bertz CT molecular complexity index is 811. The van der Waals surface area contributed by atoms with Gasteiger partial charge >= 0.3 is 0 Å². The largest absolute Gasteiger partial charge is 0.347 e. The lowest BCUT2D eigenvalue weighted by molar-refractivity contribution is -0.384. The zero-order valence-corrected chi connectivity index (χ0v) is 14.5. The molecule has 1 atom stereocenters. The first-order valence-electron chi connectivity index (χ1n) is 8.48. The second-order valence-electron chi connectivity index (χ2n) is 6.66. The minimum atomic E-state index is -0.387. The highest BCUT2D eigenvalue weighted by Gasteiger charge is 2.35. The van der Waals surface area contributed by atoms with Crippen LogP contribution >= 0.6 is 11.3 Å². The number of nitro benzene ring substituents is 1. The van der Waals surface area contributed by atoms with Crippen LogP contribution in [0.5, 0.6) is 0 Å². The Morgan fingerprint density at radius 1 is 1.20 bits per heavy atom. The maximum absolute atomic E-state index is 12.6. The molecule has 1 unspecified atom stereocenters. The van der Waals surface area contributed by atoms with Crippen LogP contribution in [-0.4, -0.2) is 41.4 Å². The van der Waals surface area contributed by atoms with Gasteiger partial charge in [0.1, 0.15) is 0 Å². The van der Waals surface area contributed by atoms with Gasteiger partial charge in [-0.2, -0.15) is 0 Å². The van der Waals surface area contributed by atoms with Crippen LogP contribution in [0, 0.1) is 16.0 Å². The number of piperidine rings is 3. The number of para-hydroxylation sites is 1. The second-order valence-corrected chi connectivity index (χ2v) is 7.74. The fourth-order valence-electron chi connectivity index (χ4n) is 3.81. The predicted molar refractivity (Wildman–Crippen MR) is 96.8 cm³/mol. The molecule has 2 bridgehead atoms. The van der Waals surface area contributed by atoms with Crippen LogP contribution in [0.4, 0.5) is 5.69 Å². The molecule has 0 saturated carbocycles. The number of nitrogens with one attached hydrogen (secondary N) is 1. The van der Waals surface area contributed by atoms with Gasteiger partial charge in [-0.1, -0.05) is 12.1 Å². The van der Waals surface area contributed by atoms with E-state index in [1.165, 1.54) is 17.4 Å². The quantitative estimate of drug-likeness (QED) is 0.674. The van der Waals surface area contributed by atoms with Crippen molar-refractivity contribution in [3.05, 3.63) is 51.4 Å². The molecule has 25 heavy (non-hydrogen) atoms. The van der Waals surface area contributed by atoms with E-state index in [1.807, 2.05) is 0 Å². The molecule has 1 amide bonds. The number of carbonyl (C=O) groups excluding carboxylic acids is 1. The molecule has 1 aromatic carbocycles. The van der Waals surface area contributed by atoms with Gasteiger partial charge in [0, 0.05) is 23.5 Å². The summed E-state index contributed by atoms with van der Waals surface area (Å²) in [5.74, 6) is 0.497. The summed E-state index contributed by atoms with van der Waals surface area (Å²) in [6.45, 7) is 3.20. The van der Waals surface area contributed by atoms with E-state index in [9.17, 15) is 14.9 Å². The molecule has 5 rings (SSSR count). The molecule has 1 N–H and O–H groups in total. The first-order valence-corrected chi connectivity index (χ1v) is 9.30. The smallest absolute Gasteiger partial charge is 0.278 e. The zero-order chi connectivity index (χ0) is 17.4. The molecular formula is C18H19N3O3S. The van der Waals surface area contributed by atoms with Crippen LogP contribution in [0.3, 0.4) is 0 Å². The van der Waals surface area contributed by atoms with Crippen molar-refractivity contribution in [3.8, 4) is 10.4 Å². The number of benzene rings is 1. The van der Waals surface area contributed by atoms with Gasteiger partial charge < -0.3 is 10.2 Å². The Morgan fingerprint density at radius 3 is 2.64 bits per heavy atom. The van der Waals surface area contributed by atoms with Gasteiger partial charge in [-0.25, -0.2) is 0 Å². The van der Waals surface area contributed by atoms with Crippen LogP contribution in [0.15, 0.2) is 36.4 Å². The SMILES string of the molecule is O=C(NC1CN2CCC1CC2)c1ccc(-c2ccccc2[N+](=O)[O-])s1. The van der Waals surface area contributed by atoms with E-state index in [1.54, 1.807) is 30.3 Å². The fourth-order valence-corrected chi connectivity index (χ4v) is 4.76. The zero-order valence-electron chi connectivity index (χ0n) is 13.7. The number of fused-ring (bicyclic) bond motifs is 3.